The number of rotatable bonds is 3. The van der Waals surface area contributed by atoms with Crippen LogP contribution in [0.4, 0.5) is 0 Å². The maximum Gasteiger partial charge on any atom is 0.434 e. The van der Waals surface area contributed by atoms with Gasteiger partial charge in [0.15, 0.2) is 0 Å². The van der Waals surface area contributed by atoms with E-state index in [9.17, 15) is 4.79 Å². The van der Waals surface area contributed by atoms with E-state index in [1.54, 1.807) is 0 Å². The lowest BCUT2D eigenvalue weighted by molar-refractivity contribution is 0.480. The largest absolute Gasteiger partial charge is 0.434 e. The van der Waals surface area contributed by atoms with Gasteiger partial charge in [0.05, 0.1) is 11.0 Å². The van der Waals surface area contributed by atoms with Crippen LogP contribution in [0.5, 0.6) is 0 Å². The summed E-state index contributed by atoms with van der Waals surface area (Å²) in [4.78, 5) is 10.3. The van der Waals surface area contributed by atoms with Crippen molar-refractivity contribution in [2.45, 2.75) is 5.75 Å². The SMILES string of the molecule is O=c1[nH]nc(CSCCl)o1. The highest BCUT2D eigenvalue weighted by Crippen LogP contribution is 2.08. The average molecular weight is 181 g/mol. The van der Waals surface area contributed by atoms with Gasteiger partial charge in [0, 0.05) is 0 Å². The van der Waals surface area contributed by atoms with E-state index in [0.29, 0.717) is 16.9 Å². The molecule has 0 aliphatic heterocycles. The van der Waals surface area contributed by atoms with E-state index < -0.39 is 5.76 Å². The van der Waals surface area contributed by atoms with Crippen molar-refractivity contribution in [2.75, 3.05) is 5.21 Å². The van der Waals surface area contributed by atoms with Crippen LogP contribution in [0.2, 0.25) is 0 Å². The average Bonchev–Trinajstić information content (AvgIpc) is 2.31. The zero-order valence-electron chi connectivity index (χ0n) is 4.96. The Morgan fingerprint density at radius 1 is 1.80 bits per heavy atom. The van der Waals surface area contributed by atoms with Gasteiger partial charge in [0.25, 0.3) is 0 Å². The van der Waals surface area contributed by atoms with Gasteiger partial charge in [-0.05, 0) is 0 Å². The zero-order chi connectivity index (χ0) is 7.40. The van der Waals surface area contributed by atoms with E-state index in [2.05, 4.69) is 14.6 Å². The Hall–Kier alpha value is -0.420. The highest BCUT2D eigenvalue weighted by atomic mass is 35.5. The van der Waals surface area contributed by atoms with Crippen molar-refractivity contribution in [3.63, 3.8) is 0 Å². The number of hydrogen-bond donors (Lipinski definition) is 1. The van der Waals surface area contributed by atoms with Crippen LogP contribution in [0.25, 0.3) is 0 Å². The first kappa shape index (κ1) is 7.68. The van der Waals surface area contributed by atoms with Crippen molar-refractivity contribution < 1.29 is 4.42 Å². The van der Waals surface area contributed by atoms with Crippen molar-refractivity contribution in [1.82, 2.24) is 10.2 Å². The molecule has 0 radical (unpaired) electrons. The number of aromatic amines is 1. The van der Waals surface area contributed by atoms with Gasteiger partial charge in [0.2, 0.25) is 5.89 Å². The van der Waals surface area contributed by atoms with Gasteiger partial charge in [-0.1, -0.05) is 0 Å². The second-order valence-corrected chi connectivity index (χ2v) is 3.03. The highest BCUT2D eigenvalue weighted by Gasteiger charge is 1.98. The molecule has 4 nitrogen and oxygen atoms in total. The first-order valence-corrected chi connectivity index (χ1v) is 4.20. The molecule has 0 aliphatic rings. The Morgan fingerprint density at radius 2 is 2.60 bits per heavy atom. The first-order valence-electron chi connectivity index (χ1n) is 2.51. The van der Waals surface area contributed by atoms with Crippen molar-refractivity contribution in [3.8, 4) is 0 Å². The number of nitrogens with one attached hydrogen (secondary N) is 1. The summed E-state index contributed by atoms with van der Waals surface area (Å²) < 4.78 is 4.58. The first-order chi connectivity index (χ1) is 4.83. The summed E-state index contributed by atoms with van der Waals surface area (Å²) in [6, 6.07) is 0. The molecule has 0 spiro atoms. The minimum atomic E-state index is -0.523. The highest BCUT2D eigenvalue weighted by molar-refractivity contribution is 7.99. The quantitative estimate of drug-likeness (QED) is 0.699. The number of H-pyrrole nitrogens is 1. The van der Waals surface area contributed by atoms with Crippen LogP contribution in [-0.4, -0.2) is 15.4 Å². The summed E-state index contributed by atoms with van der Waals surface area (Å²) in [5.41, 5.74) is 0. The smallest absolute Gasteiger partial charge is 0.392 e. The zero-order valence-corrected chi connectivity index (χ0v) is 6.54. The number of alkyl halides is 1. The third-order valence-corrected chi connectivity index (χ3v) is 1.85. The van der Waals surface area contributed by atoms with Crippen LogP contribution in [-0.2, 0) is 5.75 Å². The Labute approximate surface area is 66.0 Å². The summed E-state index contributed by atoms with van der Waals surface area (Å²) in [6.07, 6.45) is 0. The van der Waals surface area contributed by atoms with Gasteiger partial charge >= 0.3 is 5.76 Å². The lowest BCUT2D eigenvalue weighted by atomic mass is 10.8. The normalized spacial score (nSPS) is 10.1. The number of hydrogen-bond acceptors (Lipinski definition) is 4. The molecule has 10 heavy (non-hydrogen) atoms. The van der Waals surface area contributed by atoms with Gasteiger partial charge in [0.1, 0.15) is 0 Å². The molecule has 0 saturated heterocycles. The lowest BCUT2D eigenvalue weighted by Crippen LogP contribution is -1.93. The summed E-state index contributed by atoms with van der Waals surface area (Å²) in [5, 5.41) is 6.19. The third kappa shape index (κ3) is 2.07. The number of aromatic nitrogens is 2. The van der Waals surface area contributed by atoms with Crippen molar-refractivity contribution in [3.05, 3.63) is 16.4 Å². The van der Waals surface area contributed by atoms with Gasteiger partial charge in [-0.3, -0.25) is 0 Å². The molecule has 1 rings (SSSR count). The molecule has 0 unspecified atom stereocenters. The van der Waals surface area contributed by atoms with Crippen LogP contribution in [0.15, 0.2) is 9.21 Å². The Bertz CT molecular complexity index is 245. The molecule has 1 N–H and O–H groups in total. The summed E-state index contributed by atoms with van der Waals surface area (Å²) >= 11 is 6.79. The molecule has 0 aromatic carbocycles. The molecular formula is C4H5ClN2O2S. The van der Waals surface area contributed by atoms with E-state index in [1.165, 1.54) is 11.8 Å². The summed E-state index contributed by atoms with van der Waals surface area (Å²) in [6.45, 7) is 0. The molecule has 0 saturated carbocycles. The maximum absolute atomic E-state index is 10.3. The van der Waals surface area contributed by atoms with Crippen LogP contribution < -0.4 is 5.76 Å². The second-order valence-electron chi connectivity index (χ2n) is 1.46. The predicted octanol–water partition coefficient (Wildman–Crippen LogP) is 0.792. The topological polar surface area (TPSA) is 58.9 Å². The fourth-order valence-corrected chi connectivity index (χ4v) is 1.05. The molecule has 0 aliphatic carbocycles. The lowest BCUT2D eigenvalue weighted by Gasteiger charge is -1.86. The van der Waals surface area contributed by atoms with Gasteiger partial charge < -0.3 is 4.42 Å². The molecule has 1 aromatic heterocycles. The minimum absolute atomic E-state index is 0.385. The third-order valence-electron chi connectivity index (χ3n) is 0.785. The van der Waals surface area contributed by atoms with Crippen LogP contribution in [0, 0.1) is 0 Å². The van der Waals surface area contributed by atoms with Crippen molar-refractivity contribution in [1.29, 1.82) is 0 Å². The van der Waals surface area contributed by atoms with Crippen molar-refractivity contribution in [2.24, 2.45) is 0 Å². The molecule has 6 heteroatoms. The predicted molar refractivity (Wildman–Crippen MR) is 39.1 cm³/mol. The molecule has 0 amide bonds. The Balaban J connectivity index is 2.50. The Morgan fingerprint density at radius 3 is 3.10 bits per heavy atom. The number of thioether (sulfide) groups is 1. The standard InChI is InChI=1S/C4H5ClN2O2S/c5-2-10-1-3-6-7-4(8)9-3/h1-2H2,(H,7,8). The minimum Gasteiger partial charge on any atom is -0.392 e. The molecule has 0 atom stereocenters. The molecular weight excluding hydrogens is 176 g/mol. The monoisotopic (exact) mass is 180 g/mol. The van der Waals surface area contributed by atoms with Crippen molar-refractivity contribution >= 4 is 23.4 Å². The number of nitrogens with zero attached hydrogens (tertiary/aromatic N) is 1. The Kier molecular flexibility index (Phi) is 2.82. The fraction of sp³-hybridized carbons (Fsp3) is 0.500. The fourth-order valence-electron chi connectivity index (χ4n) is 0.448. The molecule has 1 heterocycles. The summed E-state index contributed by atoms with van der Waals surface area (Å²) in [5.74, 6) is 0.392. The summed E-state index contributed by atoms with van der Waals surface area (Å²) in [7, 11) is 0. The van der Waals surface area contributed by atoms with Crippen LogP contribution in [0.1, 0.15) is 5.89 Å². The van der Waals surface area contributed by atoms with E-state index in [4.69, 9.17) is 11.6 Å². The van der Waals surface area contributed by atoms with E-state index >= 15 is 0 Å². The van der Waals surface area contributed by atoms with E-state index in [-0.39, 0.29) is 0 Å². The van der Waals surface area contributed by atoms with Crippen LogP contribution in [0.3, 0.4) is 0 Å². The molecule has 1 aromatic rings. The van der Waals surface area contributed by atoms with E-state index in [0.717, 1.165) is 0 Å². The van der Waals surface area contributed by atoms with E-state index in [1.807, 2.05) is 0 Å². The maximum atomic E-state index is 10.3. The van der Waals surface area contributed by atoms with Gasteiger partial charge in [-0.2, -0.15) is 0 Å². The van der Waals surface area contributed by atoms with Gasteiger partial charge in [-0.15, -0.1) is 28.5 Å². The van der Waals surface area contributed by atoms with Crippen LogP contribution >= 0.6 is 23.4 Å². The second kappa shape index (κ2) is 3.68. The molecule has 56 valence electrons. The van der Waals surface area contributed by atoms with Gasteiger partial charge in [-0.25, -0.2) is 9.89 Å². The number of halogens is 1. The molecule has 0 bridgehead atoms. The molecule has 0 fully saturated rings.